The molecule has 2 aromatic rings. The van der Waals surface area contributed by atoms with Crippen molar-refractivity contribution in [1.29, 1.82) is 0 Å². The Morgan fingerprint density at radius 2 is 1.96 bits per heavy atom. The van der Waals surface area contributed by atoms with Gasteiger partial charge >= 0.3 is 0 Å². The number of halogens is 2. The lowest BCUT2D eigenvalue weighted by Gasteiger charge is -2.06. The lowest BCUT2D eigenvalue weighted by atomic mass is 10.1. The summed E-state index contributed by atoms with van der Waals surface area (Å²) in [6.45, 7) is 1.87. The van der Waals surface area contributed by atoms with Crippen molar-refractivity contribution in [2.75, 3.05) is 0 Å². The number of amides is 1. The van der Waals surface area contributed by atoms with Crippen molar-refractivity contribution in [3.63, 3.8) is 0 Å². The van der Waals surface area contributed by atoms with Gasteiger partial charge in [0.25, 0.3) is 15.9 Å². The fourth-order valence-electron chi connectivity index (χ4n) is 1.80. The summed E-state index contributed by atoms with van der Waals surface area (Å²) in [5, 5.41) is 1.43. The maximum absolute atomic E-state index is 12.1. The largest absolute Gasteiger partial charge is 0.268 e. The first kappa shape index (κ1) is 17.7. The third kappa shape index (κ3) is 5.20. The Kier molecular flexibility index (Phi) is 5.62. The minimum atomic E-state index is -3.91. The quantitative estimate of drug-likeness (QED) is 0.818. The number of sulfonamides is 1. The van der Waals surface area contributed by atoms with Crippen LogP contribution >= 0.6 is 27.5 Å². The van der Waals surface area contributed by atoms with Gasteiger partial charge in [0.15, 0.2) is 0 Å². The predicted octanol–water partition coefficient (Wildman–Crippen LogP) is 4.14. The molecule has 0 fully saturated rings. The summed E-state index contributed by atoms with van der Waals surface area (Å²) in [6, 6.07) is 11.7. The molecule has 0 aromatic heterocycles. The highest BCUT2D eigenvalue weighted by molar-refractivity contribution is 9.10. The predicted molar refractivity (Wildman–Crippen MR) is 95.8 cm³/mol. The van der Waals surface area contributed by atoms with Crippen molar-refractivity contribution in [2.24, 2.45) is 0 Å². The van der Waals surface area contributed by atoms with Gasteiger partial charge in [-0.05, 0) is 64.3 Å². The number of carbonyl (C=O) groups excluding carboxylic acids is 1. The van der Waals surface area contributed by atoms with Crippen molar-refractivity contribution in [3.05, 3.63) is 74.1 Å². The van der Waals surface area contributed by atoms with Crippen molar-refractivity contribution >= 4 is 49.5 Å². The maximum atomic E-state index is 12.1. The zero-order chi connectivity index (χ0) is 17.0. The summed E-state index contributed by atoms with van der Waals surface area (Å²) in [5.41, 5.74) is 1.82. The number of hydrogen-bond acceptors (Lipinski definition) is 3. The first-order valence-electron chi connectivity index (χ1n) is 6.54. The molecule has 23 heavy (non-hydrogen) atoms. The van der Waals surface area contributed by atoms with E-state index in [4.69, 9.17) is 11.6 Å². The van der Waals surface area contributed by atoms with E-state index in [1.165, 1.54) is 6.08 Å². The van der Waals surface area contributed by atoms with Crippen molar-refractivity contribution < 1.29 is 13.2 Å². The molecule has 7 heteroatoms. The Balaban J connectivity index is 2.16. The molecule has 1 N–H and O–H groups in total. The average Bonchev–Trinajstić information content (AvgIpc) is 2.44. The van der Waals surface area contributed by atoms with Gasteiger partial charge in [-0.15, -0.1) is 0 Å². The monoisotopic (exact) mass is 413 g/mol. The summed E-state index contributed by atoms with van der Waals surface area (Å²) in [7, 11) is -3.91. The number of hydrogen-bond donors (Lipinski definition) is 1. The van der Waals surface area contributed by atoms with Gasteiger partial charge in [0, 0.05) is 9.50 Å². The minimum Gasteiger partial charge on any atom is -0.268 e. The van der Waals surface area contributed by atoms with Crippen LogP contribution in [0.3, 0.4) is 0 Å². The smallest absolute Gasteiger partial charge is 0.266 e. The summed E-state index contributed by atoms with van der Waals surface area (Å²) in [4.78, 5) is 12.1. The minimum absolute atomic E-state index is 0.246. The second-order valence-electron chi connectivity index (χ2n) is 4.82. The molecule has 0 bridgehead atoms. The molecular formula is C16H13BrClNO3S. The summed E-state index contributed by atoms with van der Waals surface area (Å²) < 4.78 is 26.5. The number of benzene rings is 2. The van der Waals surface area contributed by atoms with Crippen LogP contribution in [0.1, 0.15) is 21.5 Å². The second-order valence-corrected chi connectivity index (χ2v) is 7.67. The lowest BCUT2D eigenvalue weighted by Crippen LogP contribution is -2.29. The fourth-order valence-corrected chi connectivity index (χ4v) is 3.45. The molecule has 0 spiro atoms. The van der Waals surface area contributed by atoms with Gasteiger partial charge < -0.3 is 0 Å². The highest BCUT2D eigenvalue weighted by Crippen LogP contribution is 2.18. The zero-order valence-electron chi connectivity index (χ0n) is 12.1. The van der Waals surface area contributed by atoms with E-state index in [1.807, 2.05) is 11.6 Å². The van der Waals surface area contributed by atoms with E-state index in [0.717, 1.165) is 11.0 Å². The average molecular weight is 415 g/mol. The molecule has 0 saturated heterocycles. The number of nitrogens with one attached hydrogen (secondary N) is 1. The van der Waals surface area contributed by atoms with Gasteiger partial charge in [-0.25, -0.2) is 13.1 Å². The van der Waals surface area contributed by atoms with E-state index in [9.17, 15) is 13.2 Å². The maximum Gasteiger partial charge on any atom is 0.266 e. The van der Waals surface area contributed by atoms with E-state index in [1.54, 1.807) is 42.5 Å². The Bertz CT molecular complexity index is 879. The summed E-state index contributed by atoms with van der Waals surface area (Å²) in [5.74, 6) is -0.701. The highest BCUT2D eigenvalue weighted by Gasteiger charge is 2.15. The van der Waals surface area contributed by atoms with Gasteiger partial charge in [0.05, 0.1) is 11.0 Å². The van der Waals surface area contributed by atoms with Crippen LogP contribution in [0.5, 0.6) is 0 Å². The standard InChI is InChI=1S/C16H13BrClNO3S/c1-11-5-6-14(15(17)9-11)16(20)19-23(21,22)8-7-12-3-2-4-13(18)10-12/h2-10H,1H3,(H,19,20). The summed E-state index contributed by atoms with van der Waals surface area (Å²) in [6.07, 6.45) is 1.37. The summed E-state index contributed by atoms with van der Waals surface area (Å²) >= 11 is 9.08. The molecule has 0 aliphatic rings. The van der Waals surface area contributed by atoms with Gasteiger partial charge in [-0.2, -0.15) is 0 Å². The fraction of sp³-hybridized carbons (Fsp3) is 0.0625. The number of rotatable bonds is 4. The molecule has 2 rings (SSSR count). The van der Waals surface area contributed by atoms with Crippen LogP contribution in [0, 0.1) is 6.92 Å². The van der Waals surface area contributed by atoms with E-state index in [-0.39, 0.29) is 5.56 Å². The molecule has 0 atom stereocenters. The van der Waals surface area contributed by atoms with Gasteiger partial charge in [0.2, 0.25) is 0 Å². The number of aryl methyl sites for hydroxylation is 1. The first-order chi connectivity index (χ1) is 10.8. The van der Waals surface area contributed by atoms with E-state index >= 15 is 0 Å². The van der Waals surface area contributed by atoms with Crippen LogP contribution in [0.2, 0.25) is 5.02 Å². The van der Waals surface area contributed by atoms with Gasteiger partial charge in [-0.3, -0.25) is 4.79 Å². The topological polar surface area (TPSA) is 63.2 Å². The lowest BCUT2D eigenvalue weighted by molar-refractivity contribution is 0.0981. The molecule has 0 heterocycles. The molecule has 0 aliphatic heterocycles. The molecule has 4 nitrogen and oxygen atoms in total. The molecule has 1 amide bonds. The Labute approximate surface area is 148 Å². The third-order valence-electron chi connectivity index (χ3n) is 2.89. The Morgan fingerprint density at radius 1 is 1.22 bits per heavy atom. The zero-order valence-corrected chi connectivity index (χ0v) is 15.2. The van der Waals surface area contributed by atoms with Crippen molar-refractivity contribution in [1.82, 2.24) is 4.72 Å². The third-order valence-corrected chi connectivity index (χ3v) is 4.75. The highest BCUT2D eigenvalue weighted by atomic mass is 79.9. The van der Waals surface area contributed by atoms with Crippen LogP contribution in [0.4, 0.5) is 0 Å². The van der Waals surface area contributed by atoms with Crippen LogP contribution in [-0.2, 0) is 10.0 Å². The molecular weight excluding hydrogens is 402 g/mol. The Morgan fingerprint density at radius 3 is 2.61 bits per heavy atom. The van der Waals surface area contributed by atoms with Crippen LogP contribution < -0.4 is 4.72 Å². The van der Waals surface area contributed by atoms with Crippen LogP contribution in [0.25, 0.3) is 6.08 Å². The SMILES string of the molecule is Cc1ccc(C(=O)NS(=O)(=O)C=Cc2cccc(Cl)c2)c(Br)c1. The van der Waals surface area contributed by atoms with Crippen molar-refractivity contribution in [2.45, 2.75) is 6.92 Å². The van der Waals surface area contributed by atoms with Gasteiger partial charge in [0.1, 0.15) is 0 Å². The Hall–Kier alpha value is -1.63. The van der Waals surface area contributed by atoms with E-state index in [0.29, 0.717) is 15.1 Å². The molecule has 0 saturated carbocycles. The van der Waals surface area contributed by atoms with E-state index in [2.05, 4.69) is 15.9 Å². The van der Waals surface area contributed by atoms with E-state index < -0.39 is 15.9 Å². The molecule has 120 valence electrons. The molecule has 0 unspecified atom stereocenters. The molecule has 0 radical (unpaired) electrons. The van der Waals surface area contributed by atoms with Gasteiger partial charge in [-0.1, -0.05) is 29.8 Å². The normalized spacial score (nSPS) is 11.6. The second kappa shape index (κ2) is 7.29. The molecule has 0 aliphatic carbocycles. The number of carbonyl (C=O) groups is 1. The first-order valence-corrected chi connectivity index (χ1v) is 9.25. The molecule has 2 aromatic carbocycles. The van der Waals surface area contributed by atoms with Crippen LogP contribution in [-0.4, -0.2) is 14.3 Å². The van der Waals surface area contributed by atoms with Crippen LogP contribution in [0.15, 0.2) is 52.3 Å². The van der Waals surface area contributed by atoms with Crippen molar-refractivity contribution in [3.8, 4) is 0 Å².